The number of para-hydroxylation sites is 1. The van der Waals surface area contributed by atoms with Gasteiger partial charge in [0.25, 0.3) is 0 Å². The van der Waals surface area contributed by atoms with Gasteiger partial charge in [0.05, 0.1) is 11.6 Å². The summed E-state index contributed by atoms with van der Waals surface area (Å²) in [5.74, 6) is 0. The lowest BCUT2D eigenvalue weighted by Gasteiger charge is -2.38. The van der Waals surface area contributed by atoms with Crippen LogP contribution in [0.3, 0.4) is 0 Å². The molecule has 0 spiro atoms. The van der Waals surface area contributed by atoms with Crippen LogP contribution in [0, 0.1) is 0 Å². The molecule has 0 saturated carbocycles. The molecule has 2 N–H and O–H groups in total. The van der Waals surface area contributed by atoms with Gasteiger partial charge in [-0.25, -0.2) is 0 Å². The maximum atomic E-state index is 10.9. The quantitative estimate of drug-likeness (QED) is 0.896. The van der Waals surface area contributed by atoms with Gasteiger partial charge in [-0.15, -0.1) is 0 Å². The molecule has 21 heavy (non-hydrogen) atoms. The number of fused-ring (bicyclic) bond motifs is 1. The highest BCUT2D eigenvalue weighted by molar-refractivity contribution is 6.30. The molecule has 0 aliphatic carbocycles. The first kappa shape index (κ1) is 14.4. The second-order valence-electron chi connectivity index (χ2n) is 6.05. The van der Waals surface area contributed by atoms with Crippen LogP contribution in [0.2, 0.25) is 5.02 Å². The Morgan fingerprint density at radius 3 is 2.67 bits per heavy atom. The first-order valence-corrected chi connectivity index (χ1v) is 7.74. The summed E-state index contributed by atoms with van der Waals surface area (Å²) < 4.78 is 0. The topological polar surface area (TPSA) is 32.3 Å². The van der Waals surface area contributed by atoms with Gasteiger partial charge >= 0.3 is 0 Å². The SMILES string of the molecule is CC(O)(Cc1ccc(Cl)cc1)C1CCc2ccccc2N1. The molecule has 2 atom stereocenters. The summed E-state index contributed by atoms with van der Waals surface area (Å²) >= 11 is 5.91. The molecule has 0 bridgehead atoms. The summed E-state index contributed by atoms with van der Waals surface area (Å²) in [6, 6.07) is 16.1. The first-order valence-electron chi connectivity index (χ1n) is 7.36. The molecule has 2 nitrogen and oxygen atoms in total. The Morgan fingerprint density at radius 2 is 1.90 bits per heavy atom. The highest BCUT2D eigenvalue weighted by Crippen LogP contribution is 2.31. The Labute approximate surface area is 130 Å². The summed E-state index contributed by atoms with van der Waals surface area (Å²) in [5.41, 5.74) is 2.78. The van der Waals surface area contributed by atoms with Crippen molar-refractivity contribution in [1.82, 2.24) is 0 Å². The molecule has 3 rings (SSSR count). The number of aryl methyl sites for hydroxylation is 1. The maximum absolute atomic E-state index is 10.9. The van der Waals surface area contributed by atoms with E-state index in [0.29, 0.717) is 6.42 Å². The fourth-order valence-corrected chi connectivity index (χ4v) is 3.17. The van der Waals surface area contributed by atoms with Crippen molar-refractivity contribution in [3.63, 3.8) is 0 Å². The van der Waals surface area contributed by atoms with Gasteiger partial charge in [-0.05, 0) is 49.1 Å². The smallest absolute Gasteiger partial charge is 0.0859 e. The van der Waals surface area contributed by atoms with Crippen LogP contribution in [-0.2, 0) is 12.8 Å². The summed E-state index contributed by atoms with van der Waals surface area (Å²) in [6.07, 6.45) is 2.56. The van der Waals surface area contributed by atoms with Crippen molar-refractivity contribution in [2.24, 2.45) is 0 Å². The van der Waals surface area contributed by atoms with Gasteiger partial charge in [0.15, 0.2) is 0 Å². The molecular formula is C18H20ClNO. The van der Waals surface area contributed by atoms with E-state index in [1.165, 1.54) is 5.56 Å². The Hall–Kier alpha value is -1.51. The fourth-order valence-electron chi connectivity index (χ4n) is 3.04. The zero-order valence-electron chi connectivity index (χ0n) is 12.1. The minimum Gasteiger partial charge on any atom is -0.388 e. The van der Waals surface area contributed by atoms with E-state index >= 15 is 0 Å². The lowest BCUT2D eigenvalue weighted by molar-refractivity contribution is 0.0363. The summed E-state index contributed by atoms with van der Waals surface area (Å²) in [4.78, 5) is 0. The van der Waals surface area contributed by atoms with Gasteiger partial charge in [-0.3, -0.25) is 0 Å². The van der Waals surface area contributed by atoms with E-state index in [4.69, 9.17) is 11.6 Å². The van der Waals surface area contributed by atoms with E-state index < -0.39 is 5.60 Å². The number of halogens is 1. The molecule has 0 amide bonds. The summed E-state index contributed by atoms with van der Waals surface area (Å²) in [5, 5.41) is 15.1. The number of hydrogen-bond acceptors (Lipinski definition) is 2. The van der Waals surface area contributed by atoms with Crippen LogP contribution >= 0.6 is 11.6 Å². The second-order valence-corrected chi connectivity index (χ2v) is 6.49. The van der Waals surface area contributed by atoms with Crippen molar-refractivity contribution in [2.45, 2.75) is 37.8 Å². The normalized spacial score (nSPS) is 20.2. The van der Waals surface area contributed by atoms with Gasteiger partial charge in [-0.1, -0.05) is 41.9 Å². The van der Waals surface area contributed by atoms with E-state index in [9.17, 15) is 5.11 Å². The fraction of sp³-hybridized carbons (Fsp3) is 0.333. The molecule has 0 fully saturated rings. The Morgan fingerprint density at radius 1 is 1.19 bits per heavy atom. The van der Waals surface area contributed by atoms with Gasteiger partial charge < -0.3 is 10.4 Å². The van der Waals surface area contributed by atoms with Crippen molar-refractivity contribution in [3.8, 4) is 0 Å². The molecule has 0 radical (unpaired) electrons. The number of benzene rings is 2. The third-order valence-corrected chi connectivity index (χ3v) is 4.53. The van der Waals surface area contributed by atoms with Gasteiger partial charge in [0.2, 0.25) is 0 Å². The number of rotatable bonds is 3. The lowest BCUT2D eigenvalue weighted by atomic mass is 9.83. The van der Waals surface area contributed by atoms with E-state index in [2.05, 4.69) is 23.5 Å². The molecule has 110 valence electrons. The van der Waals surface area contributed by atoms with Crippen LogP contribution < -0.4 is 5.32 Å². The van der Waals surface area contributed by atoms with Crippen molar-refractivity contribution < 1.29 is 5.11 Å². The average molecular weight is 302 g/mol. The monoisotopic (exact) mass is 301 g/mol. The minimum atomic E-state index is -0.790. The molecule has 0 saturated heterocycles. The van der Waals surface area contributed by atoms with Gasteiger partial charge in [-0.2, -0.15) is 0 Å². The van der Waals surface area contributed by atoms with Gasteiger partial charge in [0, 0.05) is 17.1 Å². The first-order chi connectivity index (χ1) is 10.0. The number of anilines is 1. The van der Waals surface area contributed by atoms with Crippen LogP contribution in [0.25, 0.3) is 0 Å². The van der Waals surface area contributed by atoms with Crippen molar-refractivity contribution >= 4 is 17.3 Å². The van der Waals surface area contributed by atoms with E-state index in [0.717, 1.165) is 29.1 Å². The average Bonchev–Trinajstić information content (AvgIpc) is 2.49. The van der Waals surface area contributed by atoms with Crippen molar-refractivity contribution in [3.05, 3.63) is 64.7 Å². The van der Waals surface area contributed by atoms with Crippen LogP contribution in [0.5, 0.6) is 0 Å². The predicted molar refractivity (Wildman–Crippen MR) is 88.0 cm³/mol. The molecule has 2 aromatic carbocycles. The standard InChI is InChI=1S/C18H20ClNO/c1-18(21,12-13-6-9-15(19)10-7-13)17-11-8-14-4-2-3-5-16(14)20-17/h2-7,9-10,17,20-21H,8,11-12H2,1H3. The van der Waals surface area contributed by atoms with Crippen molar-refractivity contribution in [2.75, 3.05) is 5.32 Å². The largest absolute Gasteiger partial charge is 0.388 e. The molecule has 0 aromatic heterocycles. The van der Waals surface area contributed by atoms with Gasteiger partial charge in [0.1, 0.15) is 0 Å². The Bertz CT molecular complexity index is 621. The number of nitrogens with one attached hydrogen (secondary N) is 1. The van der Waals surface area contributed by atoms with Crippen LogP contribution in [-0.4, -0.2) is 16.7 Å². The van der Waals surface area contributed by atoms with E-state index in [-0.39, 0.29) is 6.04 Å². The second kappa shape index (κ2) is 5.70. The molecule has 1 aliphatic heterocycles. The summed E-state index contributed by atoms with van der Waals surface area (Å²) in [6.45, 7) is 1.91. The lowest BCUT2D eigenvalue weighted by Crippen LogP contribution is -2.48. The third-order valence-electron chi connectivity index (χ3n) is 4.28. The molecule has 3 heteroatoms. The molecule has 2 unspecified atom stereocenters. The highest BCUT2D eigenvalue weighted by atomic mass is 35.5. The molecule has 1 heterocycles. The summed E-state index contributed by atoms with van der Waals surface area (Å²) in [7, 11) is 0. The van der Waals surface area contributed by atoms with Crippen LogP contribution in [0.1, 0.15) is 24.5 Å². The molecular weight excluding hydrogens is 282 g/mol. The zero-order chi connectivity index (χ0) is 14.9. The Kier molecular flexibility index (Phi) is 3.92. The molecule has 2 aromatic rings. The van der Waals surface area contributed by atoms with Crippen LogP contribution in [0.4, 0.5) is 5.69 Å². The minimum absolute atomic E-state index is 0.0584. The third kappa shape index (κ3) is 3.22. The zero-order valence-corrected chi connectivity index (χ0v) is 12.9. The van der Waals surface area contributed by atoms with Crippen molar-refractivity contribution in [1.29, 1.82) is 0 Å². The van der Waals surface area contributed by atoms with Crippen LogP contribution in [0.15, 0.2) is 48.5 Å². The predicted octanol–water partition coefficient (Wildman–Crippen LogP) is 4.06. The Balaban J connectivity index is 1.75. The molecule has 1 aliphatic rings. The highest BCUT2D eigenvalue weighted by Gasteiger charge is 2.34. The maximum Gasteiger partial charge on any atom is 0.0859 e. The number of aliphatic hydroxyl groups is 1. The number of hydrogen-bond donors (Lipinski definition) is 2. The van der Waals surface area contributed by atoms with E-state index in [1.54, 1.807) is 0 Å². The van der Waals surface area contributed by atoms with E-state index in [1.807, 2.05) is 37.3 Å².